The van der Waals surface area contributed by atoms with Gasteiger partial charge in [-0.15, -0.1) is 0 Å². The molecule has 0 saturated carbocycles. The number of hydrogen-bond donors (Lipinski definition) is 1. The van der Waals surface area contributed by atoms with E-state index in [1.54, 1.807) is 6.07 Å². The van der Waals surface area contributed by atoms with Gasteiger partial charge in [0, 0.05) is 16.2 Å². The lowest BCUT2D eigenvalue weighted by Crippen LogP contribution is -2.24. The van der Waals surface area contributed by atoms with Gasteiger partial charge >= 0.3 is 0 Å². The van der Waals surface area contributed by atoms with Crippen LogP contribution in [0.25, 0.3) is 5.69 Å². The maximum atomic E-state index is 12.4. The average molecular weight is 444 g/mol. The summed E-state index contributed by atoms with van der Waals surface area (Å²) in [6.07, 6.45) is 0. The molecule has 0 aliphatic carbocycles. The van der Waals surface area contributed by atoms with Crippen LogP contribution in [0, 0.1) is 6.92 Å². The highest BCUT2D eigenvalue weighted by molar-refractivity contribution is 9.10. The number of carbonyl (C=O) groups is 1. The van der Waals surface area contributed by atoms with Crippen molar-refractivity contribution in [1.29, 1.82) is 0 Å². The molecule has 1 atom stereocenters. The van der Waals surface area contributed by atoms with Gasteiger partial charge < -0.3 is 5.32 Å². The summed E-state index contributed by atoms with van der Waals surface area (Å²) in [4.78, 5) is 24.6. The van der Waals surface area contributed by atoms with Gasteiger partial charge in [-0.05, 0) is 56.3 Å². The first kappa shape index (κ1) is 19.4. The molecule has 1 amide bonds. The highest BCUT2D eigenvalue weighted by Crippen LogP contribution is 2.22. The van der Waals surface area contributed by atoms with Crippen LogP contribution in [-0.2, 0) is 4.79 Å². The van der Waals surface area contributed by atoms with E-state index in [4.69, 9.17) is 0 Å². The zero-order valence-electron chi connectivity index (χ0n) is 14.8. The van der Waals surface area contributed by atoms with Crippen molar-refractivity contribution in [3.05, 3.63) is 81.1 Å². The summed E-state index contributed by atoms with van der Waals surface area (Å²) >= 11 is 4.67. The van der Waals surface area contributed by atoms with Crippen LogP contribution in [0.3, 0.4) is 0 Å². The predicted octanol–water partition coefficient (Wildman–Crippen LogP) is 4.42. The van der Waals surface area contributed by atoms with Crippen LogP contribution in [0.1, 0.15) is 12.5 Å². The normalized spacial score (nSPS) is 11.8. The second-order valence-corrected chi connectivity index (χ2v) is 8.29. The van der Waals surface area contributed by atoms with Crippen molar-refractivity contribution < 1.29 is 4.79 Å². The standard InChI is InChI=1S/C20H18BrN3O2S/c1-13-3-9-17(10-4-13)24-19(25)12-11-18(23-24)27-14(2)20(26)22-16-7-5-15(21)6-8-16/h3-12,14H,1-2H3,(H,22,26)/t14-/m1/s1. The molecule has 0 bridgehead atoms. The number of amides is 1. The van der Waals surface area contributed by atoms with Crippen molar-refractivity contribution in [3.63, 3.8) is 0 Å². The van der Waals surface area contributed by atoms with Gasteiger partial charge in [0.25, 0.3) is 5.56 Å². The molecule has 0 aliphatic rings. The van der Waals surface area contributed by atoms with Gasteiger partial charge in [-0.2, -0.15) is 9.78 Å². The molecule has 138 valence electrons. The Balaban J connectivity index is 1.74. The number of halogens is 1. The fourth-order valence-electron chi connectivity index (χ4n) is 2.34. The Labute approximate surface area is 169 Å². The lowest BCUT2D eigenvalue weighted by molar-refractivity contribution is -0.115. The van der Waals surface area contributed by atoms with Gasteiger partial charge in [0.15, 0.2) is 0 Å². The maximum absolute atomic E-state index is 12.4. The first-order chi connectivity index (χ1) is 12.9. The zero-order chi connectivity index (χ0) is 19.4. The molecular formula is C20H18BrN3O2S. The van der Waals surface area contributed by atoms with E-state index in [1.165, 1.54) is 22.5 Å². The molecule has 0 fully saturated rings. The Morgan fingerprint density at radius 1 is 1.07 bits per heavy atom. The van der Waals surface area contributed by atoms with Crippen LogP contribution in [0.15, 0.2) is 75.0 Å². The van der Waals surface area contributed by atoms with Crippen molar-refractivity contribution in [1.82, 2.24) is 9.78 Å². The molecule has 3 rings (SSSR count). The van der Waals surface area contributed by atoms with Gasteiger partial charge in [0.2, 0.25) is 5.91 Å². The Kier molecular flexibility index (Phi) is 6.13. The van der Waals surface area contributed by atoms with E-state index in [1.807, 2.05) is 62.4 Å². The van der Waals surface area contributed by atoms with E-state index in [2.05, 4.69) is 26.3 Å². The largest absolute Gasteiger partial charge is 0.325 e. The Hall–Kier alpha value is -2.38. The van der Waals surface area contributed by atoms with Crippen LogP contribution in [-0.4, -0.2) is 20.9 Å². The summed E-state index contributed by atoms with van der Waals surface area (Å²) in [7, 11) is 0. The summed E-state index contributed by atoms with van der Waals surface area (Å²) in [5, 5.41) is 7.51. The Morgan fingerprint density at radius 2 is 1.74 bits per heavy atom. The van der Waals surface area contributed by atoms with E-state index in [-0.39, 0.29) is 16.7 Å². The van der Waals surface area contributed by atoms with Crippen molar-refractivity contribution in [2.45, 2.75) is 24.1 Å². The van der Waals surface area contributed by atoms with Crippen molar-refractivity contribution in [2.75, 3.05) is 5.32 Å². The predicted molar refractivity (Wildman–Crippen MR) is 113 cm³/mol. The van der Waals surface area contributed by atoms with E-state index in [9.17, 15) is 9.59 Å². The molecule has 1 heterocycles. The molecule has 1 aromatic heterocycles. The van der Waals surface area contributed by atoms with Gasteiger partial charge in [0.05, 0.1) is 10.9 Å². The summed E-state index contributed by atoms with van der Waals surface area (Å²) in [6, 6.07) is 18.1. The van der Waals surface area contributed by atoms with E-state index < -0.39 is 0 Å². The fourth-order valence-corrected chi connectivity index (χ4v) is 3.41. The third-order valence-corrected chi connectivity index (χ3v) is 5.39. The number of aryl methyl sites for hydroxylation is 1. The molecule has 27 heavy (non-hydrogen) atoms. The fraction of sp³-hybridized carbons (Fsp3) is 0.150. The van der Waals surface area contributed by atoms with Crippen LogP contribution in [0.4, 0.5) is 5.69 Å². The summed E-state index contributed by atoms with van der Waals surface area (Å²) in [5.74, 6) is -0.128. The highest BCUT2D eigenvalue weighted by atomic mass is 79.9. The number of benzene rings is 2. The molecule has 5 nitrogen and oxygen atoms in total. The summed E-state index contributed by atoms with van der Waals surface area (Å²) < 4.78 is 2.30. The Bertz CT molecular complexity index is 1000. The maximum Gasteiger partial charge on any atom is 0.271 e. The molecule has 7 heteroatoms. The molecule has 3 aromatic rings. The third-order valence-electron chi connectivity index (χ3n) is 3.83. The number of hydrogen-bond acceptors (Lipinski definition) is 4. The van der Waals surface area contributed by atoms with Gasteiger partial charge in [-0.3, -0.25) is 9.59 Å². The minimum absolute atomic E-state index is 0.128. The van der Waals surface area contributed by atoms with Crippen LogP contribution < -0.4 is 10.9 Å². The minimum Gasteiger partial charge on any atom is -0.325 e. The average Bonchev–Trinajstić information content (AvgIpc) is 2.66. The number of aromatic nitrogens is 2. The smallest absolute Gasteiger partial charge is 0.271 e. The topological polar surface area (TPSA) is 64.0 Å². The van der Waals surface area contributed by atoms with Crippen LogP contribution >= 0.6 is 27.7 Å². The van der Waals surface area contributed by atoms with Gasteiger partial charge in [0.1, 0.15) is 5.03 Å². The summed E-state index contributed by atoms with van der Waals surface area (Å²) in [5.41, 5.74) is 2.32. The SMILES string of the molecule is Cc1ccc(-n2nc(S[C@H](C)C(=O)Nc3ccc(Br)cc3)ccc2=O)cc1. The first-order valence-electron chi connectivity index (χ1n) is 8.33. The molecular weight excluding hydrogens is 426 g/mol. The highest BCUT2D eigenvalue weighted by Gasteiger charge is 2.16. The minimum atomic E-state index is -0.370. The first-order valence-corrected chi connectivity index (χ1v) is 10.00. The molecule has 0 radical (unpaired) electrons. The molecule has 2 aromatic carbocycles. The lowest BCUT2D eigenvalue weighted by Gasteiger charge is -2.12. The van der Waals surface area contributed by atoms with Gasteiger partial charge in [-0.1, -0.05) is 45.4 Å². The van der Waals surface area contributed by atoms with Crippen molar-refractivity contribution >= 4 is 39.3 Å². The number of nitrogens with one attached hydrogen (secondary N) is 1. The Morgan fingerprint density at radius 3 is 2.41 bits per heavy atom. The van der Waals surface area contributed by atoms with E-state index in [0.29, 0.717) is 10.7 Å². The molecule has 1 N–H and O–H groups in total. The van der Waals surface area contributed by atoms with E-state index in [0.717, 1.165) is 15.7 Å². The second-order valence-electron chi connectivity index (χ2n) is 6.01. The van der Waals surface area contributed by atoms with Crippen LogP contribution in [0.2, 0.25) is 0 Å². The lowest BCUT2D eigenvalue weighted by atomic mass is 10.2. The second kappa shape index (κ2) is 8.54. The molecule has 0 aliphatic heterocycles. The number of rotatable bonds is 5. The van der Waals surface area contributed by atoms with Crippen molar-refractivity contribution in [3.8, 4) is 5.69 Å². The number of anilines is 1. The number of carbonyl (C=O) groups excluding carboxylic acids is 1. The molecule has 0 unspecified atom stereocenters. The van der Waals surface area contributed by atoms with Crippen molar-refractivity contribution in [2.24, 2.45) is 0 Å². The monoisotopic (exact) mass is 443 g/mol. The quantitative estimate of drug-likeness (QED) is 0.592. The molecule has 0 saturated heterocycles. The molecule has 0 spiro atoms. The van der Waals surface area contributed by atoms with Gasteiger partial charge in [-0.25, -0.2) is 0 Å². The zero-order valence-corrected chi connectivity index (χ0v) is 17.3. The van der Waals surface area contributed by atoms with E-state index >= 15 is 0 Å². The number of nitrogens with zero attached hydrogens (tertiary/aromatic N) is 2. The number of thioether (sulfide) groups is 1. The summed E-state index contributed by atoms with van der Waals surface area (Å²) in [6.45, 7) is 3.79. The third kappa shape index (κ3) is 5.08. The van der Waals surface area contributed by atoms with Crippen LogP contribution in [0.5, 0.6) is 0 Å².